The number of rotatable bonds is 5. The van der Waals surface area contributed by atoms with E-state index in [0.29, 0.717) is 15.0 Å². The molecule has 3 rings (SSSR count). The summed E-state index contributed by atoms with van der Waals surface area (Å²) in [5, 5.41) is 13.4. The van der Waals surface area contributed by atoms with Crippen LogP contribution in [-0.4, -0.2) is 16.2 Å². The second-order valence-electron chi connectivity index (χ2n) is 5.20. The Kier molecular flexibility index (Phi) is 5.16. The second-order valence-corrected chi connectivity index (χ2v) is 6.92. The lowest BCUT2D eigenvalue weighted by Gasteiger charge is -2.08. The SMILES string of the molecule is O=C1NC(=S)S/C1=C/c1ccc(OCc2cccc(C(=O)[O-])c2)cc1. The van der Waals surface area contributed by atoms with Crippen LogP contribution in [0.4, 0.5) is 0 Å². The smallest absolute Gasteiger partial charge is 0.263 e. The third-order valence-corrected chi connectivity index (χ3v) is 4.55. The van der Waals surface area contributed by atoms with Crippen LogP contribution in [-0.2, 0) is 11.4 Å². The zero-order chi connectivity index (χ0) is 17.8. The topological polar surface area (TPSA) is 78.5 Å². The van der Waals surface area contributed by atoms with E-state index in [9.17, 15) is 14.7 Å². The number of hydrogen-bond acceptors (Lipinski definition) is 6. The van der Waals surface area contributed by atoms with E-state index in [-0.39, 0.29) is 18.1 Å². The average Bonchev–Trinajstić information content (AvgIpc) is 2.92. The maximum Gasteiger partial charge on any atom is 0.263 e. The number of carbonyl (C=O) groups excluding carboxylic acids is 2. The summed E-state index contributed by atoms with van der Waals surface area (Å²) >= 11 is 6.18. The van der Waals surface area contributed by atoms with Crippen molar-refractivity contribution >= 4 is 46.3 Å². The fourth-order valence-corrected chi connectivity index (χ4v) is 3.23. The second kappa shape index (κ2) is 7.50. The molecule has 1 heterocycles. The zero-order valence-corrected chi connectivity index (χ0v) is 14.5. The van der Waals surface area contributed by atoms with Gasteiger partial charge in [-0.3, -0.25) is 4.79 Å². The van der Waals surface area contributed by atoms with E-state index < -0.39 is 5.97 Å². The molecule has 7 heteroatoms. The van der Waals surface area contributed by atoms with Crippen molar-refractivity contribution in [1.29, 1.82) is 0 Å². The lowest BCUT2D eigenvalue weighted by atomic mass is 10.1. The van der Waals surface area contributed by atoms with Gasteiger partial charge in [0.05, 0.1) is 10.9 Å². The van der Waals surface area contributed by atoms with Gasteiger partial charge in [0.2, 0.25) is 0 Å². The fraction of sp³-hybridized carbons (Fsp3) is 0.0556. The largest absolute Gasteiger partial charge is 0.545 e. The van der Waals surface area contributed by atoms with Gasteiger partial charge in [-0.15, -0.1) is 0 Å². The summed E-state index contributed by atoms with van der Waals surface area (Å²) in [5.74, 6) is -0.768. The molecule has 0 aliphatic carbocycles. The molecule has 0 saturated carbocycles. The molecule has 1 aliphatic rings. The molecule has 0 aromatic heterocycles. The van der Waals surface area contributed by atoms with Crippen LogP contribution in [0.15, 0.2) is 53.4 Å². The number of thioether (sulfide) groups is 1. The molecular formula is C18H12NO4S2-. The van der Waals surface area contributed by atoms with Crippen molar-refractivity contribution < 1.29 is 19.4 Å². The van der Waals surface area contributed by atoms with Gasteiger partial charge in [0.1, 0.15) is 16.7 Å². The van der Waals surface area contributed by atoms with E-state index in [1.807, 2.05) is 12.1 Å². The minimum atomic E-state index is -1.22. The van der Waals surface area contributed by atoms with E-state index in [4.69, 9.17) is 17.0 Å². The molecule has 1 saturated heterocycles. The van der Waals surface area contributed by atoms with Gasteiger partial charge in [0.25, 0.3) is 5.91 Å². The molecule has 0 unspecified atom stereocenters. The quantitative estimate of drug-likeness (QED) is 0.642. The van der Waals surface area contributed by atoms with Crippen LogP contribution in [0.5, 0.6) is 5.75 Å². The fourth-order valence-electron chi connectivity index (χ4n) is 2.19. The molecule has 0 bridgehead atoms. The first kappa shape index (κ1) is 17.2. The van der Waals surface area contributed by atoms with Crippen molar-refractivity contribution in [3.63, 3.8) is 0 Å². The van der Waals surface area contributed by atoms with Crippen LogP contribution in [0.25, 0.3) is 6.08 Å². The maximum absolute atomic E-state index is 11.6. The lowest BCUT2D eigenvalue weighted by molar-refractivity contribution is -0.255. The Morgan fingerprint density at radius 1 is 1.24 bits per heavy atom. The number of carboxylic acids is 1. The molecule has 0 atom stereocenters. The highest BCUT2D eigenvalue weighted by Gasteiger charge is 2.21. The summed E-state index contributed by atoms with van der Waals surface area (Å²) in [6, 6.07) is 13.6. The molecule has 2 aromatic carbocycles. The first-order valence-electron chi connectivity index (χ1n) is 7.29. The van der Waals surface area contributed by atoms with Crippen molar-refractivity contribution in [1.82, 2.24) is 5.32 Å². The van der Waals surface area contributed by atoms with Crippen LogP contribution in [0.3, 0.4) is 0 Å². The van der Waals surface area contributed by atoms with Crippen LogP contribution in [0.1, 0.15) is 21.5 Å². The Hall–Kier alpha value is -2.64. The Balaban J connectivity index is 1.64. The first-order valence-corrected chi connectivity index (χ1v) is 8.52. The third kappa shape index (κ3) is 4.46. The predicted molar refractivity (Wildman–Crippen MR) is 97.9 cm³/mol. The van der Waals surface area contributed by atoms with Gasteiger partial charge in [0.15, 0.2) is 0 Å². The Bertz CT molecular complexity index is 875. The molecule has 1 amide bonds. The number of benzene rings is 2. The molecule has 1 fully saturated rings. The van der Waals surface area contributed by atoms with E-state index in [2.05, 4.69) is 5.32 Å². The molecule has 5 nitrogen and oxygen atoms in total. The maximum atomic E-state index is 11.6. The van der Waals surface area contributed by atoms with Gasteiger partial charge in [-0.2, -0.15) is 0 Å². The summed E-state index contributed by atoms with van der Waals surface area (Å²) in [4.78, 5) is 23.0. The number of carbonyl (C=O) groups is 2. The minimum absolute atomic E-state index is 0.119. The monoisotopic (exact) mass is 370 g/mol. The first-order chi connectivity index (χ1) is 12.0. The normalized spacial score (nSPS) is 15.3. The van der Waals surface area contributed by atoms with Gasteiger partial charge in [-0.25, -0.2) is 0 Å². The standard InChI is InChI=1S/C18H13NO4S2/c20-16-15(25-18(24)19-16)9-11-4-6-14(7-5-11)23-10-12-2-1-3-13(8-12)17(21)22/h1-9H,10H2,(H,21,22)(H,19,20,24)/p-1/b15-9+. The van der Waals surface area contributed by atoms with Crippen molar-refractivity contribution in [2.75, 3.05) is 0 Å². The van der Waals surface area contributed by atoms with E-state index >= 15 is 0 Å². The number of thiocarbonyl (C=S) groups is 1. The molecule has 0 spiro atoms. The highest BCUT2D eigenvalue weighted by atomic mass is 32.2. The van der Waals surface area contributed by atoms with Crippen molar-refractivity contribution in [2.45, 2.75) is 6.61 Å². The molecule has 2 aromatic rings. The highest BCUT2D eigenvalue weighted by Crippen LogP contribution is 2.26. The molecule has 25 heavy (non-hydrogen) atoms. The zero-order valence-electron chi connectivity index (χ0n) is 12.9. The van der Waals surface area contributed by atoms with Gasteiger partial charge >= 0.3 is 0 Å². The predicted octanol–water partition coefficient (Wildman–Crippen LogP) is 2.12. The molecular weight excluding hydrogens is 358 g/mol. The third-order valence-electron chi connectivity index (χ3n) is 3.39. The Morgan fingerprint density at radius 2 is 2.00 bits per heavy atom. The lowest BCUT2D eigenvalue weighted by Crippen LogP contribution is -2.22. The van der Waals surface area contributed by atoms with Crippen molar-refractivity contribution in [3.05, 3.63) is 70.1 Å². The number of nitrogens with one attached hydrogen (secondary N) is 1. The summed E-state index contributed by atoms with van der Waals surface area (Å²) in [6.45, 7) is 0.244. The van der Waals surface area contributed by atoms with Crippen LogP contribution >= 0.6 is 24.0 Å². The molecule has 126 valence electrons. The number of aromatic carboxylic acids is 1. The van der Waals surface area contributed by atoms with Crippen molar-refractivity contribution in [3.8, 4) is 5.75 Å². The van der Waals surface area contributed by atoms with Crippen molar-refractivity contribution in [2.24, 2.45) is 0 Å². The van der Waals surface area contributed by atoms with Crippen LogP contribution < -0.4 is 15.2 Å². The Labute approximate surface area is 153 Å². The molecule has 0 radical (unpaired) electrons. The van der Waals surface area contributed by atoms with Gasteiger partial charge in [-0.05, 0) is 41.0 Å². The average molecular weight is 370 g/mol. The summed E-state index contributed by atoms with van der Waals surface area (Å²) in [7, 11) is 0. The van der Waals surface area contributed by atoms with Gasteiger partial charge in [0, 0.05) is 0 Å². The summed E-state index contributed by atoms with van der Waals surface area (Å²) in [5.41, 5.74) is 1.71. The number of ether oxygens (including phenoxy) is 1. The number of carboxylic acid groups (broad SMARTS) is 1. The minimum Gasteiger partial charge on any atom is -0.545 e. The summed E-state index contributed by atoms with van der Waals surface area (Å²) < 4.78 is 6.10. The van der Waals surface area contributed by atoms with Gasteiger partial charge in [-0.1, -0.05) is 54.3 Å². The molecule has 1 aliphatic heterocycles. The van der Waals surface area contributed by atoms with E-state index in [0.717, 1.165) is 11.1 Å². The Morgan fingerprint density at radius 3 is 2.64 bits per heavy atom. The highest BCUT2D eigenvalue weighted by molar-refractivity contribution is 8.26. The summed E-state index contributed by atoms with van der Waals surface area (Å²) in [6.07, 6.45) is 1.76. The molecule has 1 N–H and O–H groups in total. The number of amides is 1. The van der Waals surface area contributed by atoms with Crippen LogP contribution in [0.2, 0.25) is 0 Å². The number of hydrogen-bond donors (Lipinski definition) is 1. The van der Waals surface area contributed by atoms with Crippen LogP contribution in [0, 0.1) is 0 Å². The van der Waals surface area contributed by atoms with E-state index in [1.165, 1.54) is 23.9 Å². The van der Waals surface area contributed by atoms with Gasteiger partial charge < -0.3 is 20.0 Å². The van der Waals surface area contributed by atoms with E-state index in [1.54, 1.807) is 30.3 Å².